The van der Waals surface area contributed by atoms with Gasteiger partial charge in [-0.05, 0) is 24.3 Å². The van der Waals surface area contributed by atoms with Gasteiger partial charge in [0.2, 0.25) is 5.91 Å². The lowest BCUT2D eigenvalue weighted by Gasteiger charge is -2.08. The molecule has 1 amide bonds. The Morgan fingerprint density at radius 1 is 1.25 bits per heavy atom. The van der Waals surface area contributed by atoms with Gasteiger partial charge in [-0.15, -0.1) is 0 Å². The highest BCUT2D eigenvalue weighted by Crippen LogP contribution is 2.27. The predicted molar refractivity (Wildman–Crippen MR) is 73.2 cm³/mol. The number of carbonyl (C=O) groups excluding carboxylic acids is 2. The summed E-state index contributed by atoms with van der Waals surface area (Å²) in [4.78, 5) is 23.4. The standard InChI is InChI=1S/C15H14N2O3/c18-14(6-9-17-7-1-2-8-17)16-13-5-3-4-11-12(13)10-20-15(11)19/h1-5,7-8H,6,9-10H2,(H,16,18). The van der Waals surface area contributed by atoms with E-state index >= 15 is 0 Å². The van der Waals surface area contributed by atoms with E-state index in [4.69, 9.17) is 4.74 Å². The number of nitrogens with one attached hydrogen (secondary N) is 1. The third kappa shape index (κ3) is 2.42. The topological polar surface area (TPSA) is 60.3 Å². The van der Waals surface area contributed by atoms with Crippen LogP contribution in [0.3, 0.4) is 0 Å². The number of carbonyl (C=O) groups is 2. The van der Waals surface area contributed by atoms with Crippen LogP contribution in [-0.2, 0) is 22.7 Å². The second kappa shape index (κ2) is 5.21. The summed E-state index contributed by atoms with van der Waals surface area (Å²) in [7, 11) is 0. The highest BCUT2D eigenvalue weighted by Gasteiger charge is 2.23. The summed E-state index contributed by atoms with van der Waals surface area (Å²) in [5.41, 5.74) is 1.95. The third-order valence-corrected chi connectivity index (χ3v) is 3.28. The number of nitrogens with zero attached hydrogens (tertiary/aromatic N) is 1. The number of esters is 1. The van der Waals surface area contributed by atoms with Crippen molar-refractivity contribution in [1.29, 1.82) is 0 Å². The monoisotopic (exact) mass is 270 g/mol. The number of aromatic nitrogens is 1. The van der Waals surface area contributed by atoms with E-state index in [1.807, 2.05) is 29.1 Å². The summed E-state index contributed by atoms with van der Waals surface area (Å²) >= 11 is 0. The number of ether oxygens (including phenoxy) is 1. The molecule has 20 heavy (non-hydrogen) atoms. The summed E-state index contributed by atoms with van der Waals surface area (Å²) < 4.78 is 6.92. The second-order valence-corrected chi connectivity index (χ2v) is 4.63. The van der Waals surface area contributed by atoms with E-state index in [9.17, 15) is 9.59 Å². The normalized spacial score (nSPS) is 12.9. The molecule has 0 radical (unpaired) electrons. The number of anilines is 1. The lowest BCUT2D eigenvalue weighted by atomic mass is 10.1. The predicted octanol–water partition coefficient (Wildman–Crippen LogP) is 2.19. The van der Waals surface area contributed by atoms with Gasteiger partial charge in [0.15, 0.2) is 0 Å². The first-order chi connectivity index (χ1) is 9.74. The molecule has 0 aliphatic carbocycles. The van der Waals surface area contributed by atoms with Crippen molar-refractivity contribution in [1.82, 2.24) is 4.57 Å². The summed E-state index contributed by atoms with van der Waals surface area (Å²) in [6.45, 7) is 0.853. The lowest BCUT2D eigenvalue weighted by molar-refractivity contribution is -0.116. The number of fused-ring (bicyclic) bond motifs is 1. The first-order valence-electron chi connectivity index (χ1n) is 6.43. The molecule has 1 aliphatic heterocycles. The number of hydrogen-bond acceptors (Lipinski definition) is 3. The fourth-order valence-electron chi connectivity index (χ4n) is 2.23. The Labute approximate surface area is 116 Å². The summed E-state index contributed by atoms with van der Waals surface area (Å²) in [5, 5.41) is 2.84. The number of rotatable bonds is 4. The number of benzene rings is 1. The van der Waals surface area contributed by atoms with Gasteiger partial charge < -0.3 is 14.6 Å². The highest BCUT2D eigenvalue weighted by molar-refractivity contribution is 5.98. The molecule has 0 bridgehead atoms. The van der Waals surface area contributed by atoms with Crippen LogP contribution in [0.2, 0.25) is 0 Å². The van der Waals surface area contributed by atoms with E-state index in [0.29, 0.717) is 24.2 Å². The minimum Gasteiger partial charge on any atom is -0.457 e. The molecule has 0 saturated heterocycles. The average Bonchev–Trinajstić information content (AvgIpc) is 3.08. The minimum atomic E-state index is -0.330. The van der Waals surface area contributed by atoms with Crippen LogP contribution >= 0.6 is 0 Å². The second-order valence-electron chi connectivity index (χ2n) is 4.63. The Bertz CT molecular complexity index is 647. The number of amides is 1. The van der Waals surface area contributed by atoms with E-state index in [0.717, 1.165) is 5.56 Å². The number of cyclic esters (lactones) is 1. The smallest absolute Gasteiger partial charge is 0.338 e. The molecule has 1 aromatic carbocycles. The highest BCUT2D eigenvalue weighted by atomic mass is 16.5. The molecule has 2 heterocycles. The maximum Gasteiger partial charge on any atom is 0.338 e. The summed E-state index contributed by atoms with van der Waals surface area (Å²) in [6.07, 6.45) is 4.22. The molecule has 0 fully saturated rings. The van der Waals surface area contributed by atoms with Crippen molar-refractivity contribution < 1.29 is 14.3 Å². The fourth-order valence-corrected chi connectivity index (χ4v) is 2.23. The molecule has 1 N–H and O–H groups in total. The van der Waals surface area contributed by atoms with E-state index < -0.39 is 0 Å². The minimum absolute atomic E-state index is 0.0774. The van der Waals surface area contributed by atoms with Crippen molar-refractivity contribution in [2.75, 3.05) is 5.32 Å². The van der Waals surface area contributed by atoms with E-state index in [2.05, 4.69) is 5.32 Å². The van der Waals surface area contributed by atoms with Gasteiger partial charge in [0, 0.05) is 36.6 Å². The zero-order valence-electron chi connectivity index (χ0n) is 10.8. The Morgan fingerprint density at radius 2 is 2.05 bits per heavy atom. The van der Waals surface area contributed by atoms with Gasteiger partial charge in [0.05, 0.1) is 5.56 Å². The van der Waals surface area contributed by atoms with Crippen LogP contribution < -0.4 is 5.32 Å². The molecular weight excluding hydrogens is 256 g/mol. The Hall–Kier alpha value is -2.56. The van der Waals surface area contributed by atoms with Gasteiger partial charge in [0.1, 0.15) is 6.61 Å². The Balaban J connectivity index is 1.66. The zero-order valence-corrected chi connectivity index (χ0v) is 10.8. The van der Waals surface area contributed by atoms with E-state index in [1.54, 1.807) is 18.2 Å². The van der Waals surface area contributed by atoms with Gasteiger partial charge in [-0.25, -0.2) is 4.79 Å². The summed E-state index contributed by atoms with van der Waals surface area (Å²) in [5.74, 6) is -0.408. The largest absolute Gasteiger partial charge is 0.457 e. The molecule has 2 aromatic rings. The Morgan fingerprint density at radius 3 is 2.85 bits per heavy atom. The molecule has 0 atom stereocenters. The van der Waals surface area contributed by atoms with Gasteiger partial charge >= 0.3 is 5.97 Å². The molecule has 0 saturated carbocycles. The van der Waals surface area contributed by atoms with Crippen LogP contribution in [0.1, 0.15) is 22.3 Å². The molecule has 0 spiro atoms. The van der Waals surface area contributed by atoms with Crippen LogP contribution in [-0.4, -0.2) is 16.4 Å². The van der Waals surface area contributed by atoms with Gasteiger partial charge in [-0.3, -0.25) is 4.79 Å². The van der Waals surface area contributed by atoms with Crippen molar-refractivity contribution in [3.05, 3.63) is 53.9 Å². The Kier molecular flexibility index (Phi) is 3.25. The molecule has 5 heteroatoms. The van der Waals surface area contributed by atoms with Crippen LogP contribution in [0.15, 0.2) is 42.7 Å². The van der Waals surface area contributed by atoms with E-state index in [1.165, 1.54) is 0 Å². The maximum atomic E-state index is 11.9. The molecule has 0 unspecified atom stereocenters. The van der Waals surface area contributed by atoms with Gasteiger partial charge in [0.25, 0.3) is 0 Å². The maximum absolute atomic E-state index is 11.9. The van der Waals surface area contributed by atoms with Crippen LogP contribution in [0.25, 0.3) is 0 Å². The quantitative estimate of drug-likeness (QED) is 0.866. The van der Waals surface area contributed by atoms with Crippen molar-refractivity contribution >= 4 is 17.6 Å². The zero-order chi connectivity index (χ0) is 13.9. The molecule has 5 nitrogen and oxygen atoms in total. The van der Waals surface area contributed by atoms with E-state index in [-0.39, 0.29) is 18.5 Å². The van der Waals surface area contributed by atoms with Crippen molar-refractivity contribution in [3.63, 3.8) is 0 Å². The average molecular weight is 270 g/mol. The summed E-state index contributed by atoms with van der Waals surface area (Å²) in [6, 6.07) is 9.08. The van der Waals surface area contributed by atoms with Gasteiger partial charge in [-0.2, -0.15) is 0 Å². The van der Waals surface area contributed by atoms with Crippen molar-refractivity contribution in [3.8, 4) is 0 Å². The van der Waals surface area contributed by atoms with Crippen LogP contribution in [0.5, 0.6) is 0 Å². The fraction of sp³-hybridized carbons (Fsp3) is 0.200. The molecule has 3 rings (SSSR count). The number of aryl methyl sites for hydroxylation is 1. The molecule has 1 aromatic heterocycles. The lowest BCUT2D eigenvalue weighted by Crippen LogP contribution is -2.15. The van der Waals surface area contributed by atoms with Gasteiger partial charge in [-0.1, -0.05) is 6.07 Å². The SMILES string of the molecule is O=C(CCn1cccc1)Nc1cccc2c1COC2=O. The number of hydrogen-bond donors (Lipinski definition) is 1. The first-order valence-corrected chi connectivity index (χ1v) is 6.43. The molecule has 1 aliphatic rings. The van der Waals surface area contributed by atoms with Crippen molar-refractivity contribution in [2.24, 2.45) is 0 Å². The van der Waals surface area contributed by atoms with Crippen LogP contribution in [0.4, 0.5) is 5.69 Å². The van der Waals surface area contributed by atoms with Crippen molar-refractivity contribution in [2.45, 2.75) is 19.6 Å². The first kappa shape index (κ1) is 12.5. The molecule has 102 valence electrons. The molecular formula is C15H14N2O3. The van der Waals surface area contributed by atoms with Crippen LogP contribution in [0, 0.1) is 0 Å². The third-order valence-electron chi connectivity index (χ3n) is 3.28.